The van der Waals surface area contributed by atoms with Crippen LogP contribution in [0.15, 0.2) is 43.1 Å². The van der Waals surface area contributed by atoms with E-state index in [4.69, 9.17) is 9.72 Å². The van der Waals surface area contributed by atoms with Crippen LogP contribution in [0, 0.1) is 5.82 Å². The van der Waals surface area contributed by atoms with E-state index in [1.165, 1.54) is 41.9 Å². The van der Waals surface area contributed by atoms with Gasteiger partial charge >= 0.3 is 6.18 Å². The Morgan fingerprint density at radius 2 is 1.89 bits per heavy atom. The van der Waals surface area contributed by atoms with Gasteiger partial charge in [0, 0.05) is 36.5 Å². The third-order valence-corrected chi connectivity index (χ3v) is 6.40. The smallest absolute Gasteiger partial charge is 0.434 e. The van der Waals surface area contributed by atoms with E-state index in [-0.39, 0.29) is 23.5 Å². The normalized spacial score (nSPS) is 13.8. The van der Waals surface area contributed by atoms with Gasteiger partial charge in [0.05, 0.1) is 30.9 Å². The van der Waals surface area contributed by atoms with Crippen LogP contribution < -0.4 is 4.74 Å². The number of aromatic nitrogens is 8. The Kier molecular flexibility index (Phi) is 5.58. The van der Waals surface area contributed by atoms with Crippen molar-refractivity contribution in [2.75, 3.05) is 7.11 Å². The fourth-order valence-corrected chi connectivity index (χ4v) is 4.36. The summed E-state index contributed by atoms with van der Waals surface area (Å²) in [6.45, 7) is 0.0400. The molecule has 0 N–H and O–H groups in total. The molecule has 13 heteroatoms. The Morgan fingerprint density at radius 3 is 2.58 bits per heavy atom. The van der Waals surface area contributed by atoms with E-state index in [9.17, 15) is 13.2 Å². The van der Waals surface area contributed by atoms with Crippen LogP contribution in [0.4, 0.5) is 17.6 Å². The van der Waals surface area contributed by atoms with Gasteiger partial charge in [-0.1, -0.05) is 12.1 Å². The fraction of sp³-hybridized carbons (Fsp3) is 0.280. The molecule has 5 aromatic rings. The summed E-state index contributed by atoms with van der Waals surface area (Å²) in [7, 11) is 2.95. The number of alkyl halides is 3. The minimum atomic E-state index is -4.59. The number of ether oxygens (including phenoxy) is 1. The lowest BCUT2D eigenvalue weighted by Gasteiger charge is -2.11. The summed E-state index contributed by atoms with van der Waals surface area (Å²) in [5.74, 6) is 0.451. The molecule has 0 bridgehead atoms. The topological polar surface area (TPSA) is 96.4 Å². The molecule has 38 heavy (non-hydrogen) atoms. The second-order valence-electron chi connectivity index (χ2n) is 9.06. The molecule has 6 rings (SSSR count). The first-order valence-electron chi connectivity index (χ1n) is 11.7. The molecular formula is C25H20F4N8O. The minimum Gasteiger partial charge on any atom is -0.480 e. The molecule has 1 fully saturated rings. The number of benzene rings is 1. The van der Waals surface area contributed by atoms with E-state index in [0.29, 0.717) is 34.2 Å². The molecule has 9 nitrogen and oxygen atoms in total. The molecule has 4 heterocycles. The van der Waals surface area contributed by atoms with Crippen LogP contribution in [0.1, 0.15) is 35.7 Å². The van der Waals surface area contributed by atoms with Gasteiger partial charge in [-0.2, -0.15) is 18.3 Å². The lowest BCUT2D eigenvalue weighted by Crippen LogP contribution is -2.07. The van der Waals surface area contributed by atoms with Gasteiger partial charge in [-0.05, 0) is 18.9 Å². The van der Waals surface area contributed by atoms with Crippen molar-refractivity contribution >= 4 is 11.0 Å². The van der Waals surface area contributed by atoms with E-state index in [0.717, 1.165) is 30.8 Å². The van der Waals surface area contributed by atoms with E-state index in [2.05, 4.69) is 25.0 Å². The Morgan fingerprint density at radius 1 is 1.08 bits per heavy atom. The molecular weight excluding hydrogens is 504 g/mol. The molecule has 0 radical (unpaired) electrons. The number of fused-ring (bicyclic) bond motifs is 1. The van der Waals surface area contributed by atoms with Gasteiger partial charge in [0.15, 0.2) is 17.2 Å². The number of imidazole rings is 1. The van der Waals surface area contributed by atoms with E-state index in [1.807, 2.05) is 0 Å². The van der Waals surface area contributed by atoms with Gasteiger partial charge in [-0.3, -0.25) is 0 Å². The second kappa shape index (κ2) is 8.85. The Balaban J connectivity index is 1.34. The zero-order valence-corrected chi connectivity index (χ0v) is 20.2. The van der Waals surface area contributed by atoms with E-state index < -0.39 is 17.7 Å². The van der Waals surface area contributed by atoms with Crippen molar-refractivity contribution in [3.05, 3.63) is 65.9 Å². The highest BCUT2D eigenvalue weighted by atomic mass is 19.4. The van der Waals surface area contributed by atoms with Gasteiger partial charge in [-0.15, -0.1) is 0 Å². The number of hydrogen-bond donors (Lipinski definition) is 0. The predicted octanol–water partition coefficient (Wildman–Crippen LogP) is 4.78. The van der Waals surface area contributed by atoms with Crippen LogP contribution in [0.5, 0.6) is 5.88 Å². The summed E-state index contributed by atoms with van der Waals surface area (Å²) in [6.07, 6.45) is 2.97. The number of halogens is 4. The zero-order valence-electron chi connectivity index (χ0n) is 20.2. The first-order chi connectivity index (χ1) is 18.2. The molecule has 1 saturated carbocycles. The van der Waals surface area contributed by atoms with Gasteiger partial charge in [-0.25, -0.2) is 34.0 Å². The minimum absolute atomic E-state index is 0.00944. The lowest BCUT2D eigenvalue weighted by atomic mass is 10.1. The van der Waals surface area contributed by atoms with Crippen molar-refractivity contribution < 1.29 is 22.3 Å². The fourth-order valence-electron chi connectivity index (χ4n) is 4.36. The molecule has 0 unspecified atom stereocenters. The molecule has 1 aliphatic rings. The maximum Gasteiger partial charge on any atom is 0.434 e. The molecule has 1 aromatic carbocycles. The number of rotatable bonds is 6. The van der Waals surface area contributed by atoms with Crippen LogP contribution >= 0.6 is 0 Å². The third-order valence-electron chi connectivity index (χ3n) is 6.40. The molecule has 0 atom stereocenters. The van der Waals surface area contributed by atoms with Crippen molar-refractivity contribution in [3.8, 4) is 28.7 Å². The van der Waals surface area contributed by atoms with Crippen LogP contribution in [0.25, 0.3) is 33.8 Å². The SMILES string of the molecule is COc1ncnc(C2CC2)c1-c1ncc2cnn(Cc3ccc(-c4nc(C(F)(F)F)cn4C)cc3F)c2n1. The lowest BCUT2D eigenvalue weighted by molar-refractivity contribution is -0.140. The van der Waals surface area contributed by atoms with Gasteiger partial charge in [0.2, 0.25) is 5.88 Å². The van der Waals surface area contributed by atoms with Crippen LogP contribution in [0.3, 0.4) is 0 Å². The second-order valence-corrected chi connectivity index (χ2v) is 9.06. The largest absolute Gasteiger partial charge is 0.480 e. The summed E-state index contributed by atoms with van der Waals surface area (Å²) >= 11 is 0. The monoisotopic (exact) mass is 524 g/mol. The van der Waals surface area contributed by atoms with Crippen molar-refractivity contribution in [3.63, 3.8) is 0 Å². The number of nitrogens with zero attached hydrogens (tertiary/aromatic N) is 8. The van der Waals surface area contributed by atoms with Crippen molar-refractivity contribution in [1.82, 2.24) is 39.3 Å². The number of hydrogen-bond acceptors (Lipinski definition) is 7. The summed E-state index contributed by atoms with van der Waals surface area (Å²) in [5, 5.41) is 5.00. The number of aryl methyl sites for hydroxylation is 1. The van der Waals surface area contributed by atoms with Gasteiger partial charge in [0.25, 0.3) is 0 Å². The van der Waals surface area contributed by atoms with Crippen LogP contribution in [-0.4, -0.2) is 46.4 Å². The van der Waals surface area contributed by atoms with Crippen molar-refractivity contribution in [2.24, 2.45) is 7.05 Å². The summed E-state index contributed by atoms with van der Waals surface area (Å²) in [6, 6.07) is 4.20. The van der Waals surface area contributed by atoms with E-state index >= 15 is 4.39 Å². The van der Waals surface area contributed by atoms with Crippen LogP contribution in [-0.2, 0) is 19.8 Å². The third kappa shape index (κ3) is 4.23. The summed E-state index contributed by atoms with van der Waals surface area (Å²) in [4.78, 5) is 21.5. The average molecular weight is 524 g/mol. The Hall–Kier alpha value is -4.42. The molecule has 0 saturated heterocycles. The molecule has 1 aliphatic carbocycles. The van der Waals surface area contributed by atoms with Crippen molar-refractivity contribution in [2.45, 2.75) is 31.5 Å². The standard InChI is InChI=1S/C25H20F4N8O/c1-36-11-18(25(27,28)29)34-22(36)14-5-6-15(17(26)7-14)10-37-23-16(9-33-37)8-30-21(35-23)19-20(13-3-4-13)31-12-32-24(19)38-2/h5-9,11-13H,3-4,10H2,1-2H3. The molecule has 0 amide bonds. The highest BCUT2D eigenvalue weighted by Gasteiger charge is 2.35. The Bertz CT molecular complexity index is 1670. The maximum atomic E-state index is 15.1. The maximum absolute atomic E-state index is 15.1. The quantitative estimate of drug-likeness (QED) is 0.295. The Labute approximate surface area is 213 Å². The van der Waals surface area contributed by atoms with Crippen LogP contribution in [0.2, 0.25) is 0 Å². The molecule has 194 valence electrons. The van der Waals surface area contributed by atoms with Crippen molar-refractivity contribution in [1.29, 1.82) is 0 Å². The first-order valence-corrected chi connectivity index (χ1v) is 11.7. The molecule has 4 aromatic heterocycles. The van der Waals surface area contributed by atoms with Gasteiger partial charge in [0.1, 0.15) is 23.5 Å². The van der Waals surface area contributed by atoms with E-state index in [1.54, 1.807) is 12.4 Å². The number of methoxy groups -OCH3 is 1. The highest BCUT2D eigenvalue weighted by molar-refractivity contribution is 5.77. The molecule has 0 aliphatic heterocycles. The zero-order chi connectivity index (χ0) is 26.6. The summed E-state index contributed by atoms with van der Waals surface area (Å²) < 4.78 is 62.5. The van der Waals surface area contributed by atoms with Gasteiger partial charge < -0.3 is 9.30 Å². The molecule has 0 spiro atoms. The summed E-state index contributed by atoms with van der Waals surface area (Å²) in [5.41, 5.74) is 1.39. The average Bonchev–Trinajstić information content (AvgIpc) is 3.55. The predicted molar refractivity (Wildman–Crippen MR) is 128 cm³/mol. The highest BCUT2D eigenvalue weighted by Crippen LogP contribution is 2.44. The first kappa shape index (κ1) is 23.9.